The van der Waals surface area contributed by atoms with Crippen molar-refractivity contribution in [3.63, 3.8) is 0 Å². The van der Waals surface area contributed by atoms with Crippen LogP contribution >= 0.6 is 0 Å². The smallest absolute Gasteiger partial charge is 0.325 e. The van der Waals surface area contributed by atoms with Gasteiger partial charge >= 0.3 is 6.03 Å². The first kappa shape index (κ1) is 18.6. The number of carbonyl (C=O) groups excluding carboxylic acids is 2. The lowest BCUT2D eigenvalue weighted by molar-refractivity contribution is -0.127. The van der Waals surface area contributed by atoms with Crippen molar-refractivity contribution in [2.75, 3.05) is 79.3 Å². The van der Waals surface area contributed by atoms with Gasteiger partial charge in [0.05, 0.1) is 33.0 Å². The number of nitrogens with zero attached hydrogens (tertiary/aromatic N) is 5. The first-order chi connectivity index (χ1) is 13.1. The van der Waals surface area contributed by atoms with E-state index in [1.807, 2.05) is 0 Å². The van der Waals surface area contributed by atoms with Gasteiger partial charge < -0.3 is 19.3 Å². The molecular formula is C17H28N6O4. The van der Waals surface area contributed by atoms with Crippen molar-refractivity contribution in [2.24, 2.45) is 4.99 Å². The number of morpholine rings is 2. The van der Waals surface area contributed by atoms with E-state index in [0.717, 1.165) is 51.8 Å². The Balaban J connectivity index is 1.49. The molecule has 0 aromatic rings. The fourth-order valence-electron chi connectivity index (χ4n) is 4.01. The summed E-state index contributed by atoms with van der Waals surface area (Å²) in [4.78, 5) is 37.7. The quantitative estimate of drug-likeness (QED) is 0.604. The standard InChI is InChI=1S/C17H28N6O4/c1-20-15-14(16(24)19-17(20)25)23(3-2-21-4-8-26-9-5-21)13(18-15)12-22-6-10-27-11-7-22/h14-15H,2-12H2,1H3,(H,19,24,25). The van der Waals surface area contributed by atoms with Crippen LogP contribution in [0.1, 0.15) is 0 Å². The molecule has 4 aliphatic rings. The second-order valence-electron chi connectivity index (χ2n) is 7.35. The molecule has 150 valence electrons. The summed E-state index contributed by atoms with van der Waals surface area (Å²) in [6.45, 7) is 8.68. The van der Waals surface area contributed by atoms with Gasteiger partial charge in [-0.05, 0) is 0 Å². The number of carbonyl (C=O) groups is 2. The molecule has 0 aromatic heterocycles. The SMILES string of the molecule is CN1C(=O)NC(=O)C2C1N=C(CN1CCOCC1)N2CCN1CCOCC1. The molecule has 2 unspecified atom stereocenters. The van der Waals surface area contributed by atoms with Crippen molar-refractivity contribution < 1.29 is 19.1 Å². The number of hydrogen-bond donors (Lipinski definition) is 1. The lowest BCUT2D eigenvalue weighted by Crippen LogP contribution is -2.64. The normalized spacial score (nSPS) is 30.3. The summed E-state index contributed by atoms with van der Waals surface area (Å²) >= 11 is 0. The Labute approximate surface area is 159 Å². The number of fused-ring (bicyclic) bond motifs is 1. The average Bonchev–Trinajstić information content (AvgIpc) is 3.05. The van der Waals surface area contributed by atoms with E-state index in [1.54, 1.807) is 7.05 Å². The lowest BCUT2D eigenvalue weighted by atomic mass is 10.1. The van der Waals surface area contributed by atoms with E-state index in [0.29, 0.717) is 26.3 Å². The van der Waals surface area contributed by atoms with E-state index in [-0.39, 0.29) is 11.9 Å². The van der Waals surface area contributed by atoms with Crippen LogP contribution in [0.4, 0.5) is 4.79 Å². The topological polar surface area (TPSA) is 90.0 Å². The number of ether oxygens (including phenoxy) is 2. The number of aliphatic imine (C=N–C) groups is 1. The first-order valence-electron chi connectivity index (χ1n) is 9.64. The molecule has 4 rings (SSSR count). The largest absolute Gasteiger partial charge is 0.379 e. The minimum Gasteiger partial charge on any atom is -0.379 e. The third-order valence-electron chi connectivity index (χ3n) is 5.68. The zero-order valence-electron chi connectivity index (χ0n) is 15.8. The Morgan fingerprint density at radius 3 is 2.30 bits per heavy atom. The van der Waals surface area contributed by atoms with E-state index < -0.39 is 12.2 Å². The molecule has 3 amide bonds. The van der Waals surface area contributed by atoms with Gasteiger partial charge in [0.2, 0.25) is 0 Å². The fourth-order valence-corrected chi connectivity index (χ4v) is 4.01. The molecule has 27 heavy (non-hydrogen) atoms. The van der Waals surface area contributed by atoms with Gasteiger partial charge in [-0.15, -0.1) is 0 Å². The summed E-state index contributed by atoms with van der Waals surface area (Å²) in [5.41, 5.74) is 0. The molecule has 1 N–H and O–H groups in total. The number of amidine groups is 1. The maximum absolute atomic E-state index is 12.6. The van der Waals surface area contributed by atoms with Crippen molar-refractivity contribution in [1.29, 1.82) is 0 Å². The molecule has 10 heteroatoms. The molecule has 4 aliphatic heterocycles. The van der Waals surface area contributed by atoms with Crippen LogP contribution in [0.3, 0.4) is 0 Å². The second kappa shape index (κ2) is 8.09. The Hall–Kier alpha value is -1.75. The molecule has 0 bridgehead atoms. The number of imide groups is 1. The number of urea groups is 1. The summed E-state index contributed by atoms with van der Waals surface area (Å²) in [6.07, 6.45) is -0.452. The predicted molar refractivity (Wildman–Crippen MR) is 97.5 cm³/mol. The van der Waals surface area contributed by atoms with Crippen molar-refractivity contribution in [3.05, 3.63) is 0 Å². The molecular weight excluding hydrogens is 352 g/mol. The minimum atomic E-state index is -0.454. The van der Waals surface area contributed by atoms with E-state index in [2.05, 4.69) is 20.0 Å². The predicted octanol–water partition coefficient (Wildman–Crippen LogP) is -1.76. The third-order valence-corrected chi connectivity index (χ3v) is 5.68. The Morgan fingerprint density at radius 2 is 1.63 bits per heavy atom. The van der Waals surface area contributed by atoms with Gasteiger partial charge in [-0.1, -0.05) is 0 Å². The molecule has 0 spiro atoms. The monoisotopic (exact) mass is 380 g/mol. The number of rotatable bonds is 5. The Morgan fingerprint density at radius 1 is 1.00 bits per heavy atom. The third kappa shape index (κ3) is 3.93. The highest BCUT2D eigenvalue weighted by atomic mass is 16.5. The first-order valence-corrected chi connectivity index (χ1v) is 9.64. The highest BCUT2D eigenvalue weighted by Crippen LogP contribution is 2.24. The number of hydrogen-bond acceptors (Lipinski definition) is 8. The number of amides is 3. The van der Waals surface area contributed by atoms with Gasteiger partial charge in [-0.2, -0.15) is 0 Å². The van der Waals surface area contributed by atoms with Crippen LogP contribution in [0.25, 0.3) is 0 Å². The van der Waals surface area contributed by atoms with Crippen LogP contribution in [-0.4, -0.2) is 129 Å². The summed E-state index contributed by atoms with van der Waals surface area (Å²) in [7, 11) is 1.70. The minimum absolute atomic E-state index is 0.259. The van der Waals surface area contributed by atoms with Crippen LogP contribution in [-0.2, 0) is 14.3 Å². The molecule has 10 nitrogen and oxygen atoms in total. The van der Waals surface area contributed by atoms with Gasteiger partial charge in [0.15, 0.2) is 12.2 Å². The summed E-state index contributed by atoms with van der Waals surface area (Å²) in [5, 5.41) is 2.46. The van der Waals surface area contributed by atoms with E-state index in [1.165, 1.54) is 4.90 Å². The molecule has 0 aliphatic carbocycles. The summed E-state index contributed by atoms with van der Waals surface area (Å²) in [6, 6.07) is -0.837. The van der Waals surface area contributed by atoms with Crippen molar-refractivity contribution >= 4 is 17.8 Å². The van der Waals surface area contributed by atoms with E-state index in [4.69, 9.17) is 14.5 Å². The highest BCUT2D eigenvalue weighted by molar-refractivity contribution is 6.04. The van der Waals surface area contributed by atoms with E-state index in [9.17, 15) is 9.59 Å². The molecule has 3 fully saturated rings. The number of likely N-dealkylation sites (N-methyl/N-ethyl adjacent to an activating group) is 1. The molecule has 2 atom stereocenters. The number of nitrogens with one attached hydrogen (secondary N) is 1. The zero-order valence-corrected chi connectivity index (χ0v) is 15.8. The van der Waals surface area contributed by atoms with Gasteiger partial charge in [0, 0.05) is 46.3 Å². The van der Waals surface area contributed by atoms with Gasteiger partial charge in [-0.3, -0.25) is 19.9 Å². The molecule has 0 aromatic carbocycles. The van der Waals surface area contributed by atoms with Crippen LogP contribution in [0, 0.1) is 0 Å². The van der Waals surface area contributed by atoms with Crippen molar-refractivity contribution in [2.45, 2.75) is 12.2 Å². The zero-order chi connectivity index (χ0) is 18.8. The summed E-state index contributed by atoms with van der Waals surface area (Å²) < 4.78 is 10.8. The molecule has 0 saturated carbocycles. The van der Waals surface area contributed by atoms with Crippen LogP contribution in [0.5, 0.6) is 0 Å². The van der Waals surface area contributed by atoms with Crippen molar-refractivity contribution in [3.8, 4) is 0 Å². The van der Waals surface area contributed by atoms with Gasteiger partial charge in [0.1, 0.15) is 5.84 Å². The highest BCUT2D eigenvalue weighted by Gasteiger charge is 2.48. The average molecular weight is 380 g/mol. The van der Waals surface area contributed by atoms with Crippen molar-refractivity contribution in [1.82, 2.24) is 24.9 Å². The van der Waals surface area contributed by atoms with Crippen LogP contribution < -0.4 is 5.32 Å². The fraction of sp³-hybridized carbons (Fsp3) is 0.824. The maximum Gasteiger partial charge on any atom is 0.325 e. The Kier molecular flexibility index (Phi) is 5.58. The lowest BCUT2D eigenvalue weighted by Gasteiger charge is -2.38. The second-order valence-corrected chi connectivity index (χ2v) is 7.35. The maximum atomic E-state index is 12.6. The van der Waals surface area contributed by atoms with Crippen LogP contribution in [0.2, 0.25) is 0 Å². The van der Waals surface area contributed by atoms with Gasteiger partial charge in [0.25, 0.3) is 5.91 Å². The van der Waals surface area contributed by atoms with Gasteiger partial charge in [-0.25, -0.2) is 9.79 Å². The van der Waals surface area contributed by atoms with Crippen LogP contribution in [0.15, 0.2) is 4.99 Å². The molecule has 0 radical (unpaired) electrons. The van der Waals surface area contributed by atoms with E-state index >= 15 is 0 Å². The summed E-state index contributed by atoms with van der Waals surface area (Å²) in [5.74, 6) is 0.627. The molecule has 3 saturated heterocycles. The Bertz CT molecular complexity index is 602. The molecule has 4 heterocycles.